The van der Waals surface area contributed by atoms with Gasteiger partial charge in [-0.3, -0.25) is 0 Å². The lowest BCUT2D eigenvalue weighted by Gasteiger charge is -2.26. The van der Waals surface area contributed by atoms with E-state index >= 15 is 0 Å². The highest BCUT2D eigenvalue weighted by atomic mass is 19.4. The number of pyridine rings is 1. The minimum absolute atomic E-state index is 0.0309. The average molecular weight is 260 g/mol. The third kappa shape index (κ3) is 3.35. The van der Waals surface area contributed by atoms with Crippen molar-refractivity contribution in [3.8, 4) is 5.75 Å². The van der Waals surface area contributed by atoms with Crippen LogP contribution in [0.4, 0.5) is 13.2 Å². The summed E-state index contributed by atoms with van der Waals surface area (Å²) in [5, 5.41) is 0. The number of halogens is 3. The predicted molar refractivity (Wildman–Crippen MR) is 60.1 cm³/mol. The highest BCUT2D eigenvalue weighted by molar-refractivity contribution is 5.21. The van der Waals surface area contributed by atoms with Gasteiger partial charge in [-0.2, -0.15) is 13.2 Å². The van der Waals surface area contributed by atoms with E-state index in [-0.39, 0.29) is 12.1 Å². The number of hydrogen-bond acceptors (Lipinski definition) is 3. The summed E-state index contributed by atoms with van der Waals surface area (Å²) in [5.41, 5.74) is 4.86. The maximum atomic E-state index is 12.3. The zero-order valence-electron chi connectivity index (χ0n) is 9.78. The standard InChI is InChI=1S/C12H15F3N2O/c13-12(14,15)11-6-5-10(7-17-11)18-9-3-1-8(16)2-4-9/h5-9H,1-4,16H2/t8-,9+. The summed E-state index contributed by atoms with van der Waals surface area (Å²) in [4.78, 5) is 3.36. The van der Waals surface area contributed by atoms with Gasteiger partial charge in [0.15, 0.2) is 0 Å². The molecule has 2 rings (SSSR count). The van der Waals surface area contributed by atoms with Gasteiger partial charge in [0, 0.05) is 6.04 Å². The zero-order chi connectivity index (χ0) is 13.2. The molecule has 0 radical (unpaired) electrons. The average Bonchev–Trinajstić information content (AvgIpc) is 2.32. The molecule has 0 aromatic carbocycles. The van der Waals surface area contributed by atoms with E-state index in [1.807, 2.05) is 0 Å². The van der Waals surface area contributed by atoms with Crippen molar-refractivity contribution in [2.75, 3.05) is 0 Å². The van der Waals surface area contributed by atoms with Crippen LogP contribution in [0.3, 0.4) is 0 Å². The van der Waals surface area contributed by atoms with Crippen molar-refractivity contribution in [1.82, 2.24) is 4.98 Å². The molecule has 0 aliphatic heterocycles. The zero-order valence-corrected chi connectivity index (χ0v) is 9.78. The van der Waals surface area contributed by atoms with Gasteiger partial charge in [-0.05, 0) is 37.8 Å². The summed E-state index contributed by atoms with van der Waals surface area (Å²) >= 11 is 0. The van der Waals surface area contributed by atoms with Gasteiger partial charge < -0.3 is 10.5 Å². The molecule has 0 saturated heterocycles. The summed E-state index contributed by atoms with van der Waals surface area (Å²) in [7, 11) is 0. The van der Waals surface area contributed by atoms with Gasteiger partial charge in [0.2, 0.25) is 0 Å². The van der Waals surface area contributed by atoms with Gasteiger partial charge in [-0.25, -0.2) is 4.98 Å². The van der Waals surface area contributed by atoms with Crippen LogP contribution in [0.5, 0.6) is 5.75 Å². The van der Waals surface area contributed by atoms with Crippen molar-refractivity contribution in [2.45, 2.75) is 44.0 Å². The lowest BCUT2D eigenvalue weighted by atomic mass is 9.94. The van der Waals surface area contributed by atoms with Gasteiger partial charge in [0.05, 0.1) is 12.3 Å². The van der Waals surface area contributed by atoms with E-state index in [0.717, 1.165) is 37.9 Å². The van der Waals surface area contributed by atoms with Gasteiger partial charge in [-0.1, -0.05) is 0 Å². The van der Waals surface area contributed by atoms with Crippen LogP contribution in [-0.2, 0) is 6.18 Å². The number of ether oxygens (including phenoxy) is 1. The van der Waals surface area contributed by atoms with E-state index in [1.165, 1.54) is 6.07 Å². The Bertz CT molecular complexity index is 383. The Morgan fingerprint density at radius 1 is 1.17 bits per heavy atom. The fourth-order valence-corrected chi connectivity index (χ4v) is 2.02. The summed E-state index contributed by atoms with van der Waals surface area (Å²) in [6.45, 7) is 0. The normalized spacial score (nSPS) is 24.9. The van der Waals surface area contributed by atoms with Crippen molar-refractivity contribution < 1.29 is 17.9 Å². The molecular formula is C12H15F3N2O. The van der Waals surface area contributed by atoms with E-state index < -0.39 is 11.9 Å². The maximum Gasteiger partial charge on any atom is 0.433 e. The van der Waals surface area contributed by atoms with Crippen molar-refractivity contribution >= 4 is 0 Å². The highest BCUT2D eigenvalue weighted by Crippen LogP contribution is 2.29. The number of nitrogens with zero attached hydrogens (tertiary/aromatic N) is 1. The van der Waals surface area contributed by atoms with Gasteiger partial charge >= 0.3 is 6.18 Å². The second-order valence-corrected chi connectivity index (χ2v) is 4.53. The molecule has 6 heteroatoms. The molecule has 1 heterocycles. The SMILES string of the molecule is N[C@H]1CC[C@@H](Oc2ccc(C(F)(F)F)nc2)CC1. The first kappa shape index (κ1) is 13.1. The molecule has 2 N–H and O–H groups in total. The van der Waals surface area contributed by atoms with Crippen LogP contribution >= 0.6 is 0 Å². The molecule has 0 bridgehead atoms. The smallest absolute Gasteiger partial charge is 0.433 e. The first-order valence-electron chi connectivity index (χ1n) is 5.90. The fraction of sp³-hybridized carbons (Fsp3) is 0.583. The molecule has 1 aliphatic carbocycles. The molecule has 3 nitrogen and oxygen atoms in total. The maximum absolute atomic E-state index is 12.3. The summed E-state index contributed by atoms with van der Waals surface area (Å²) in [6, 6.07) is 2.46. The van der Waals surface area contributed by atoms with E-state index in [1.54, 1.807) is 0 Å². The molecule has 18 heavy (non-hydrogen) atoms. The van der Waals surface area contributed by atoms with Gasteiger partial charge in [0.25, 0.3) is 0 Å². The number of alkyl halides is 3. The quantitative estimate of drug-likeness (QED) is 0.889. The number of rotatable bonds is 2. The molecular weight excluding hydrogens is 245 g/mol. The van der Waals surface area contributed by atoms with E-state index in [4.69, 9.17) is 10.5 Å². The summed E-state index contributed by atoms with van der Waals surface area (Å²) < 4.78 is 42.5. The lowest BCUT2D eigenvalue weighted by Crippen LogP contribution is -2.31. The van der Waals surface area contributed by atoms with Crippen LogP contribution in [-0.4, -0.2) is 17.1 Å². The highest BCUT2D eigenvalue weighted by Gasteiger charge is 2.32. The molecule has 1 saturated carbocycles. The molecule has 1 aromatic heterocycles. The fourth-order valence-electron chi connectivity index (χ4n) is 2.02. The summed E-state index contributed by atoms with van der Waals surface area (Å²) in [5.74, 6) is 0.378. The van der Waals surface area contributed by atoms with E-state index in [0.29, 0.717) is 5.75 Å². The molecule has 0 spiro atoms. The van der Waals surface area contributed by atoms with Gasteiger partial charge in [-0.15, -0.1) is 0 Å². The molecule has 1 fully saturated rings. The molecule has 1 aromatic rings. The van der Waals surface area contributed by atoms with E-state index in [2.05, 4.69) is 4.98 Å². The third-order valence-corrected chi connectivity index (χ3v) is 3.05. The van der Waals surface area contributed by atoms with E-state index in [9.17, 15) is 13.2 Å². The molecule has 0 unspecified atom stereocenters. The monoisotopic (exact) mass is 260 g/mol. The van der Waals surface area contributed by atoms with Crippen molar-refractivity contribution in [3.05, 3.63) is 24.0 Å². The topological polar surface area (TPSA) is 48.1 Å². The Labute approximate surface area is 103 Å². The Hall–Kier alpha value is -1.30. The summed E-state index contributed by atoms with van der Waals surface area (Å²) in [6.07, 6.45) is 0.193. The van der Waals surface area contributed by atoms with Gasteiger partial charge in [0.1, 0.15) is 11.4 Å². The Balaban J connectivity index is 1.94. The Morgan fingerprint density at radius 2 is 1.83 bits per heavy atom. The lowest BCUT2D eigenvalue weighted by molar-refractivity contribution is -0.141. The molecule has 100 valence electrons. The van der Waals surface area contributed by atoms with Crippen LogP contribution in [0.15, 0.2) is 18.3 Å². The minimum atomic E-state index is -4.41. The number of hydrogen-bond donors (Lipinski definition) is 1. The number of aromatic nitrogens is 1. The van der Waals surface area contributed by atoms with Crippen molar-refractivity contribution in [1.29, 1.82) is 0 Å². The Morgan fingerprint density at radius 3 is 2.33 bits per heavy atom. The van der Waals surface area contributed by atoms with Crippen LogP contribution < -0.4 is 10.5 Å². The number of nitrogens with two attached hydrogens (primary N) is 1. The largest absolute Gasteiger partial charge is 0.489 e. The predicted octanol–water partition coefficient (Wildman–Crippen LogP) is 2.75. The molecule has 0 amide bonds. The first-order chi connectivity index (χ1) is 8.45. The van der Waals surface area contributed by atoms with Crippen molar-refractivity contribution in [3.63, 3.8) is 0 Å². The molecule has 0 atom stereocenters. The minimum Gasteiger partial charge on any atom is -0.489 e. The second-order valence-electron chi connectivity index (χ2n) is 4.53. The van der Waals surface area contributed by atoms with Crippen molar-refractivity contribution in [2.24, 2.45) is 5.73 Å². The van der Waals surface area contributed by atoms with Crippen LogP contribution in [0.2, 0.25) is 0 Å². The molecule has 1 aliphatic rings. The second kappa shape index (κ2) is 5.14. The van der Waals surface area contributed by atoms with Crippen LogP contribution in [0.1, 0.15) is 31.4 Å². The first-order valence-corrected chi connectivity index (χ1v) is 5.90. The van der Waals surface area contributed by atoms with Crippen LogP contribution in [0.25, 0.3) is 0 Å². The van der Waals surface area contributed by atoms with Crippen LogP contribution in [0, 0.1) is 0 Å². The Kier molecular flexibility index (Phi) is 3.75. The third-order valence-electron chi connectivity index (χ3n) is 3.05.